The normalized spacial score (nSPS) is 10.5. The first-order valence-corrected chi connectivity index (χ1v) is 7.84. The molecule has 0 atom stereocenters. The third-order valence-corrected chi connectivity index (χ3v) is 3.98. The van der Waals surface area contributed by atoms with Crippen LogP contribution in [0.15, 0.2) is 36.7 Å². The number of pyridine rings is 1. The number of aliphatic hydroxyl groups is 1. The molecule has 0 unspecified atom stereocenters. The number of amides is 1. The molecular formula is C16H16FIN2O2. The molecule has 0 fully saturated rings. The summed E-state index contributed by atoms with van der Waals surface area (Å²) in [4.78, 5) is 17.8. The number of benzene rings is 1. The van der Waals surface area contributed by atoms with Crippen molar-refractivity contribution in [2.75, 3.05) is 20.2 Å². The van der Waals surface area contributed by atoms with E-state index in [4.69, 9.17) is 5.11 Å². The lowest BCUT2D eigenvalue weighted by Gasteiger charge is -2.17. The lowest BCUT2D eigenvalue weighted by molar-refractivity contribution is 0.0766. The van der Waals surface area contributed by atoms with Crippen LogP contribution in [0.1, 0.15) is 21.5 Å². The molecule has 0 aliphatic rings. The van der Waals surface area contributed by atoms with Gasteiger partial charge in [0, 0.05) is 41.5 Å². The minimum absolute atomic E-state index is 0.103. The monoisotopic (exact) mass is 414 g/mol. The van der Waals surface area contributed by atoms with Crippen molar-refractivity contribution in [2.45, 2.75) is 6.42 Å². The van der Waals surface area contributed by atoms with Gasteiger partial charge in [0.1, 0.15) is 5.82 Å². The van der Waals surface area contributed by atoms with Crippen molar-refractivity contribution in [1.82, 2.24) is 9.88 Å². The molecule has 2 aromatic rings. The van der Waals surface area contributed by atoms with Crippen molar-refractivity contribution in [3.63, 3.8) is 0 Å². The number of carbonyl (C=O) groups is 1. The van der Waals surface area contributed by atoms with E-state index in [0.29, 0.717) is 23.1 Å². The van der Waals surface area contributed by atoms with Crippen LogP contribution in [0.3, 0.4) is 0 Å². The topological polar surface area (TPSA) is 53.4 Å². The van der Waals surface area contributed by atoms with E-state index < -0.39 is 0 Å². The summed E-state index contributed by atoms with van der Waals surface area (Å²) < 4.78 is 14.8. The minimum Gasteiger partial charge on any atom is -0.395 e. The number of likely N-dealkylation sites (N-methyl/N-ethyl adjacent to an activating group) is 1. The summed E-state index contributed by atoms with van der Waals surface area (Å²) in [7, 11) is 1.62. The van der Waals surface area contributed by atoms with Crippen LogP contribution in [0, 0.1) is 9.39 Å². The third-order valence-electron chi connectivity index (χ3n) is 3.31. The number of rotatable bonds is 5. The van der Waals surface area contributed by atoms with Crippen LogP contribution in [0.25, 0.3) is 0 Å². The average molecular weight is 414 g/mol. The predicted molar refractivity (Wildman–Crippen MR) is 90.2 cm³/mol. The van der Waals surface area contributed by atoms with Gasteiger partial charge in [0.05, 0.1) is 6.61 Å². The lowest BCUT2D eigenvalue weighted by atomic mass is 10.0. The van der Waals surface area contributed by atoms with Crippen LogP contribution in [-0.4, -0.2) is 41.1 Å². The molecule has 0 aliphatic heterocycles. The van der Waals surface area contributed by atoms with E-state index in [1.165, 1.54) is 17.2 Å². The van der Waals surface area contributed by atoms with E-state index >= 15 is 0 Å². The smallest absolute Gasteiger partial charge is 0.254 e. The molecule has 0 saturated carbocycles. The summed E-state index contributed by atoms with van der Waals surface area (Å²) in [6, 6.07) is 6.63. The maximum absolute atomic E-state index is 14.0. The Labute approximate surface area is 142 Å². The molecule has 0 saturated heterocycles. The first-order valence-electron chi connectivity index (χ1n) is 6.76. The number of aromatic nitrogens is 1. The molecule has 1 amide bonds. The van der Waals surface area contributed by atoms with Gasteiger partial charge in [0.15, 0.2) is 0 Å². The number of hydrogen-bond acceptors (Lipinski definition) is 3. The molecule has 1 aromatic heterocycles. The van der Waals surface area contributed by atoms with Crippen molar-refractivity contribution in [3.05, 3.63) is 62.7 Å². The molecule has 116 valence electrons. The Balaban J connectivity index is 2.30. The summed E-state index contributed by atoms with van der Waals surface area (Å²) in [6.07, 6.45) is 3.41. The molecule has 1 N–H and O–H groups in total. The fourth-order valence-electron chi connectivity index (χ4n) is 2.10. The zero-order valence-corrected chi connectivity index (χ0v) is 14.2. The van der Waals surface area contributed by atoms with E-state index in [-0.39, 0.29) is 24.9 Å². The number of nitrogens with zero attached hydrogens (tertiary/aromatic N) is 2. The number of aliphatic hydroxyl groups excluding tert-OH is 1. The van der Waals surface area contributed by atoms with Crippen molar-refractivity contribution >= 4 is 28.5 Å². The maximum atomic E-state index is 14.0. The highest BCUT2D eigenvalue weighted by Gasteiger charge is 2.16. The van der Waals surface area contributed by atoms with Crippen molar-refractivity contribution in [1.29, 1.82) is 0 Å². The van der Waals surface area contributed by atoms with Crippen molar-refractivity contribution in [2.24, 2.45) is 0 Å². The Bertz CT molecular complexity index is 679. The summed E-state index contributed by atoms with van der Waals surface area (Å²) in [5.74, 6) is -0.504. The van der Waals surface area contributed by atoms with Gasteiger partial charge in [-0.1, -0.05) is 6.07 Å². The first-order chi connectivity index (χ1) is 10.5. The van der Waals surface area contributed by atoms with Gasteiger partial charge in [-0.2, -0.15) is 0 Å². The summed E-state index contributed by atoms with van der Waals surface area (Å²) in [5.41, 5.74) is 1.66. The Kier molecular flexibility index (Phi) is 5.84. The standard InChI is InChI=1S/C16H16FIN2O2/c1-20(6-7-21)16(22)14-4-5-19-10-12(14)8-11-2-3-13(18)9-15(11)17/h2-5,9-10,21H,6-8H2,1H3. The second-order valence-electron chi connectivity index (χ2n) is 4.90. The number of carbonyl (C=O) groups excluding carboxylic acids is 1. The second kappa shape index (κ2) is 7.64. The number of halogens is 2. The van der Waals surface area contributed by atoms with Gasteiger partial charge in [0.25, 0.3) is 5.91 Å². The summed E-state index contributed by atoms with van der Waals surface area (Å²) >= 11 is 2.05. The van der Waals surface area contributed by atoms with Gasteiger partial charge in [-0.25, -0.2) is 4.39 Å². The van der Waals surface area contributed by atoms with Crippen LogP contribution in [0.5, 0.6) is 0 Å². The number of hydrogen-bond donors (Lipinski definition) is 1. The van der Waals surface area contributed by atoms with Crippen LogP contribution in [-0.2, 0) is 6.42 Å². The van der Waals surface area contributed by atoms with Gasteiger partial charge in [0.2, 0.25) is 0 Å². The van der Waals surface area contributed by atoms with Crippen LogP contribution in [0.2, 0.25) is 0 Å². The van der Waals surface area contributed by atoms with Crippen molar-refractivity contribution < 1.29 is 14.3 Å². The highest BCUT2D eigenvalue weighted by molar-refractivity contribution is 14.1. The highest BCUT2D eigenvalue weighted by Crippen LogP contribution is 2.19. The van der Waals surface area contributed by atoms with Crippen LogP contribution >= 0.6 is 22.6 Å². The maximum Gasteiger partial charge on any atom is 0.254 e. The molecule has 0 spiro atoms. The summed E-state index contributed by atoms with van der Waals surface area (Å²) in [5, 5.41) is 8.94. The molecule has 0 bridgehead atoms. The predicted octanol–water partition coefficient (Wildman–Crippen LogP) is 2.48. The molecule has 2 rings (SSSR count). The second-order valence-corrected chi connectivity index (χ2v) is 6.14. The van der Waals surface area contributed by atoms with E-state index in [1.54, 1.807) is 25.4 Å². The molecule has 0 aliphatic carbocycles. The Morgan fingerprint density at radius 1 is 1.36 bits per heavy atom. The molecule has 22 heavy (non-hydrogen) atoms. The third kappa shape index (κ3) is 4.01. The van der Waals surface area contributed by atoms with E-state index in [2.05, 4.69) is 27.6 Å². The SMILES string of the molecule is CN(CCO)C(=O)c1ccncc1Cc1ccc(I)cc1F. The van der Waals surface area contributed by atoms with E-state index in [1.807, 2.05) is 6.07 Å². The molecule has 0 radical (unpaired) electrons. The molecule has 1 aromatic carbocycles. The van der Waals surface area contributed by atoms with E-state index in [0.717, 1.165) is 3.57 Å². The fourth-order valence-corrected chi connectivity index (χ4v) is 2.56. The van der Waals surface area contributed by atoms with Gasteiger partial charge in [-0.15, -0.1) is 0 Å². The quantitative estimate of drug-likeness (QED) is 0.766. The van der Waals surface area contributed by atoms with Crippen LogP contribution < -0.4 is 0 Å². The van der Waals surface area contributed by atoms with Crippen LogP contribution in [0.4, 0.5) is 4.39 Å². The van der Waals surface area contributed by atoms with Gasteiger partial charge in [-0.3, -0.25) is 9.78 Å². The van der Waals surface area contributed by atoms with Crippen molar-refractivity contribution in [3.8, 4) is 0 Å². The summed E-state index contributed by atoms with van der Waals surface area (Å²) in [6.45, 7) is 0.146. The highest BCUT2D eigenvalue weighted by atomic mass is 127. The zero-order valence-electron chi connectivity index (χ0n) is 12.1. The zero-order chi connectivity index (χ0) is 16.1. The molecular weight excluding hydrogens is 398 g/mol. The lowest BCUT2D eigenvalue weighted by Crippen LogP contribution is -2.30. The average Bonchev–Trinajstić information content (AvgIpc) is 2.50. The van der Waals surface area contributed by atoms with E-state index in [9.17, 15) is 9.18 Å². The largest absolute Gasteiger partial charge is 0.395 e. The molecule has 6 heteroatoms. The minimum atomic E-state index is -0.294. The fraction of sp³-hybridized carbons (Fsp3) is 0.250. The first kappa shape index (κ1) is 16.8. The van der Waals surface area contributed by atoms with Gasteiger partial charge < -0.3 is 10.0 Å². The molecule has 4 nitrogen and oxygen atoms in total. The Morgan fingerprint density at radius 3 is 2.82 bits per heavy atom. The van der Waals surface area contributed by atoms with Gasteiger partial charge in [-0.05, 0) is 51.9 Å². The van der Waals surface area contributed by atoms with Gasteiger partial charge >= 0.3 is 0 Å². The Hall–Kier alpha value is -1.54. The Morgan fingerprint density at radius 2 is 2.14 bits per heavy atom. The molecule has 1 heterocycles.